The van der Waals surface area contributed by atoms with E-state index in [0.29, 0.717) is 26.4 Å². The average molecular weight is 337 g/mol. The molecule has 0 radical (unpaired) electrons. The Hall–Kier alpha value is -2.66. The topological polar surface area (TPSA) is 43.9 Å². The zero-order valence-electron chi connectivity index (χ0n) is 14.4. The van der Waals surface area contributed by atoms with Crippen molar-refractivity contribution in [1.82, 2.24) is 14.7 Å². The van der Waals surface area contributed by atoms with Crippen molar-refractivity contribution in [3.8, 4) is 0 Å². The van der Waals surface area contributed by atoms with E-state index in [0.717, 1.165) is 17.4 Å². The smallest absolute Gasteiger partial charge is 0.307 e. The number of hydrogen-bond acceptors (Lipinski definition) is 3. The molecule has 0 spiro atoms. The fourth-order valence-electron chi connectivity index (χ4n) is 2.99. The molecule has 0 aliphatic carbocycles. The first-order valence-electron chi connectivity index (χ1n) is 8.48. The maximum atomic E-state index is 12.9. The molecule has 0 N–H and O–H groups in total. The van der Waals surface area contributed by atoms with Gasteiger partial charge in [0.1, 0.15) is 6.29 Å². The van der Waals surface area contributed by atoms with E-state index >= 15 is 0 Å². The van der Waals surface area contributed by atoms with E-state index in [9.17, 15) is 9.59 Å². The van der Waals surface area contributed by atoms with Crippen LogP contribution in [0, 0.1) is 0 Å². The third-order valence-electron chi connectivity index (χ3n) is 4.45. The zero-order chi connectivity index (χ0) is 17.6. The minimum atomic E-state index is -0.232. The Morgan fingerprint density at radius 1 is 0.880 bits per heavy atom. The highest BCUT2D eigenvalue weighted by molar-refractivity contribution is 5.75. The van der Waals surface area contributed by atoms with Gasteiger partial charge in [-0.3, -0.25) is 4.90 Å². The quantitative estimate of drug-likeness (QED) is 0.761. The maximum absolute atomic E-state index is 12.9. The van der Waals surface area contributed by atoms with Gasteiger partial charge in [-0.2, -0.15) is 0 Å². The van der Waals surface area contributed by atoms with Crippen LogP contribution in [0.5, 0.6) is 0 Å². The first-order chi connectivity index (χ1) is 12.2. The van der Waals surface area contributed by atoms with Crippen LogP contribution in [0.1, 0.15) is 18.1 Å². The van der Waals surface area contributed by atoms with E-state index in [1.54, 1.807) is 9.80 Å². The van der Waals surface area contributed by atoms with E-state index in [1.165, 1.54) is 0 Å². The lowest BCUT2D eigenvalue weighted by Crippen LogP contribution is -2.59. The van der Waals surface area contributed by atoms with Crippen LogP contribution < -0.4 is 0 Å². The average Bonchev–Trinajstić information content (AvgIpc) is 2.66. The molecule has 130 valence electrons. The van der Waals surface area contributed by atoms with Crippen LogP contribution in [-0.2, 0) is 17.9 Å². The van der Waals surface area contributed by atoms with Crippen LogP contribution in [0.3, 0.4) is 0 Å². The van der Waals surface area contributed by atoms with Crippen LogP contribution in [0.4, 0.5) is 4.79 Å². The first kappa shape index (κ1) is 17.2. The molecule has 0 bridgehead atoms. The number of rotatable bonds is 6. The Kier molecular flexibility index (Phi) is 5.46. The summed E-state index contributed by atoms with van der Waals surface area (Å²) in [6.07, 6.45) is 0.928. The molecule has 2 aromatic carbocycles. The van der Waals surface area contributed by atoms with Crippen LogP contribution in [0.2, 0.25) is 0 Å². The molecule has 3 rings (SSSR count). The van der Waals surface area contributed by atoms with Gasteiger partial charge in [-0.05, 0) is 18.1 Å². The molecule has 1 heterocycles. The lowest BCUT2D eigenvalue weighted by Gasteiger charge is -2.43. The summed E-state index contributed by atoms with van der Waals surface area (Å²) >= 11 is 0. The summed E-state index contributed by atoms with van der Waals surface area (Å²) in [7, 11) is 0. The van der Waals surface area contributed by atoms with Gasteiger partial charge in [0.2, 0.25) is 0 Å². The molecule has 0 unspecified atom stereocenters. The fraction of sp³-hybridized carbons (Fsp3) is 0.300. The summed E-state index contributed by atoms with van der Waals surface area (Å²) in [4.78, 5) is 29.8. The summed E-state index contributed by atoms with van der Waals surface area (Å²) in [6.45, 7) is 3.85. The number of aldehydes is 1. The van der Waals surface area contributed by atoms with Gasteiger partial charge in [-0.25, -0.2) is 4.79 Å². The molecule has 0 aromatic heterocycles. The second kappa shape index (κ2) is 7.94. The van der Waals surface area contributed by atoms with E-state index in [2.05, 4.69) is 0 Å². The van der Waals surface area contributed by atoms with Gasteiger partial charge in [0.25, 0.3) is 0 Å². The molecule has 25 heavy (non-hydrogen) atoms. The Morgan fingerprint density at radius 2 is 1.32 bits per heavy atom. The largest absolute Gasteiger partial charge is 0.322 e. The Labute approximate surface area is 148 Å². The highest BCUT2D eigenvalue weighted by Gasteiger charge is 2.32. The van der Waals surface area contributed by atoms with Gasteiger partial charge in [0.15, 0.2) is 0 Å². The molecular formula is C20H23N3O2. The maximum Gasteiger partial charge on any atom is 0.322 e. The minimum absolute atomic E-state index is 0.00190. The summed E-state index contributed by atoms with van der Waals surface area (Å²) in [5.74, 6) is 0. The van der Waals surface area contributed by atoms with Crippen molar-refractivity contribution in [2.75, 3.05) is 13.3 Å². The number of carbonyl (C=O) groups is 2. The van der Waals surface area contributed by atoms with E-state index in [1.807, 2.05) is 72.5 Å². The minimum Gasteiger partial charge on any atom is -0.307 e. The number of carbonyl (C=O) groups excluding carboxylic acids is 2. The molecule has 0 saturated carbocycles. The van der Waals surface area contributed by atoms with Crippen LogP contribution in [0.25, 0.3) is 0 Å². The molecule has 2 aromatic rings. The molecule has 2 amide bonds. The van der Waals surface area contributed by atoms with Crippen molar-refractivity contribution in [1.29, 1.82) is 0 Å². The summed E-state index contributed by atoms with van der Waals surface area (Å²) in [5.41, 5.74) is 2.16. The summed E-state index contributed by atoms with van der Waals surface area (Å²) in [6, 6.07) is 19.6. The van der Waals surface area contributed by atoms with Gasteiger partial charge in [0.05, 0.1) is 19.4 Å². The van der Waals surface area contributed by atoms with Gasteiger partial charge in [-0.15, -0.1) is 0 Å². The molecule has 5 nitrogen and oxygen atoms in total. The van der Waals surface area contributed by atoms with Crippen molar-refractivity contribution < 1.29 is 9.59 Å². The first-order valence-corrected chi connectivity index (χ1v) is 8.48. The molecule has 5 heteroatoms. The number of amides is 2. The fourth-order valence-corrected chi connectivity index (χ4v) is 2.99. The predicted molar refractivity (Wildman–Crippen MR) is 96.5 cm³/mol. The third kappa shape index (κ3) is 4.25. The summed E-state index contributed by atoms with van der Waals surface area (Å²) < 4.78 is 0. The van der Waals surface area contributed by atoms with Crippen LogP contribution in [0.15, 0.2) is 60.7 Å². The number of nitrogens with zero attached hydrogens (tertiary/aromatic N) is 3. The number of benzene rings is 2. The van der Waals surface area contributed by atoms with Crippen molar-refractivity contribution >= 4 is 12.3 Å². The van der Waals surface area contributed by atoms with Gasteiger partial charge in [-0.1, -0.05) is 60.7 Å². The van der Waals surface area contributed by atoms with Gasteiger partial charge in [0, 0.05) is 13.1 Å². The number of hydrogen-bond donors (Lipinski definition) is 0. The second-order valence-electron chi connectivity index (χ2n) is 6.40. The lowest BCUT2D eigenvalue weighted by molar-refractivity contribution is -0.114. The number of urea groups is 1. The monoisotopic (exact) mass is 337 g/mol. The van der Waals surface area contributed by atoms with Crippen LogP contribution >= 0.6 is 0 Å². The molecule has 1 aliphatic heterocycles. The molecule has 1 fully saturated rings. The molecular weight excluding hydrogens is 314 g/mol. The lowest BCUT2D eigenvalue weighted by atomic mass is 10.2. The highest BCUT2D eigenvalue weighted by atomic mass is 16.2. The molecule has 1 atom stereocenters. The van der Waals surface area contributed by atoms with Gasteiger partial charge >= 0.3 is 6.03 Å². The molecule has 1 aliphatic rings. The second-order valence-corrected chi connectivity index (χ2v) is 6.40. The zero-order valence-corrected chi connectivity index (χ0v) is 14.4. The predicted octanol–water partition coefficient (Wildman–Crippen LogP) is 2.93. The van der Waals surface area contributed by atoms with E-state index in [-0.39, 0.29) is 12.1 Å². The Morgan fingerprint density at radius 3 is 1.72 bits per heavy atom. The third-order valence-corrected chi connectivity index (χ3v) is 4.45. The Balaban J connectivity index is 1.79. The van der Waals surface area contributed by atoms with Crippen molar-refractivity contribution in [2.45, 2.75) is 26.1 Å². The van der Waals surface area contributed by atoms with Crippen molar-refractivity contribution in [3.05, 3.63) is 71.8 Å². The van der Waals surface area contributed by atoms with Crippen molar-refractivity contribution in [2.24, 2.45) is 0 Å². The SMILES string of the molecule is C[C@@H](C=O)N1CN(Cc2ccccc2)C(=O)N(Cc2ccccc2)C1. The summed E-state index contributed by atoms with van der Waals surface area (Å²) in [5, 5.41) is 0. The standard InChI is InChI=1S/C20H23N3O2/c1-17(14-24)23-15-21(12-18-8-4-2-5-9-18)20(25)22(16-23)13-19-10-6-3-7-11-19/h2-11,14,17H,12-13,15-16H2,1H3/t17-/m0/s1. The van der Waals surface area contributed by atoms with Gasteiger partial charge < -0.3 is 14.6 Å². The van der Waals surface area contributed by atoms with Crippen molar-refractivity contribution in [3.63, 3.8) is 0 Å². The highest BCUT2D eigenvalue weighted by Crippen LogP contribution is 2.18. The van der Waals surface area contributed by atoms with E-state index < -0.39 is 0 Å². The van der Waals surface area contributed by atoms with Crippen LogP contribution in [-0.4, -0.2) is 46.4 Å². The molecule has 1 saturated heterocycles. The normalized spacial score (nSPS) is 16.8. The Bertz CT molecular complexity index is 652. The van der Waals surface area contributed by atoms with E-state index in [4.69, 9.17) is 0 Å².